The molecule has 1 heterocycles. The Labute approximate surface area is 30.9 Å². The van der Waals surface area contributed by atoms with Crippen molar-refractivity contribution >= 4 is 7.41 Å². The van der Waals surface area contributed by atoms with E-state index in [1.807, 2.05) is 5.98 Å². The van der Waals surface area contributed by atoms with Crippen molar-refractivity contribution in [1.29, 1.82) is 0 Å². The number of hydrogen-bond donors (Lipinski definition) is 0. The minimum absolute atomic E-state index is 0.778. The minimum atomic E-state index is 0.778. The molecular formula is C2H3BN2. The smallest absolute Gasteiger partial charge is 0.253 e. The highest BCUT2D eigenvalue weighted by Crippen LogP contribution is 1.83. The topological polar surface area (TPSA) is 24.7 Å². The molecule has 24 valence electrons. The number of rotatable bonds is 0. The Morgan fingerprint density at radius 1 is 1.60 bits per heavy atom. The second-order valence-electron chi connectivity index (χ2n) is 0.824. The Morgan fingerprint density at radius 2 is 2.60 bits per heavy atom. The average molecular weight is 65.9 g/mol. The SMILES string of the molecule is B1C=CN=N1. The molecule has 1 rings (SSSR count). The molecule has 0 saturated heterocycles. The second kappa shape index (κ2) is 1.01. The van der Waals surface area contributed by atoms with E-state index in [2.05, 4.69) is 10.1 Å². The fraction of sp³-hybridized carbons (Fsp3) is 0. The molecule has 0 unspecified atom stereocenters. The summed E-state index contributed by atoms with van der Waals surface area (Å²) < 4.78 is 0. The molecule has 0 aromatic rings. The first-order chi connectivity index (χ1) is 2.50. The predicted molar refractivity (Wildman–Crippen MR) is 21.1 cm³/mol. The van der Waals surface area contributed by atoms with Crippen LogP contribution in [0.15, 0.2) is 22.3 Å². The van der Waals surface area contributed by atoms with Gasteiger partial charge in [0.05, 0.1) is 0 Å². The van der Waals surface area contributed by atoms with E-state index in [0.29, 0.717) is 0 Å². The quantitative estimate of drug-likeness (QED) is 0.362. The Bertz CT molecular complexity index is 65.7. The molecule has 0 aromatic heterocycles. The number of nitrogens with zero attached hydrogens (tertiary/aromatic N) is 2. The lowest BCUT2D eigenvalue weighted by molar-refractivity contribution is 1.36. The van der Waals surface area contributed by atoms with Crippen molar-refractivity contribution in [2.24, 2.45) is 10.1 Å². The van der Waals surface area contributed by atoms with Crippen LogP contribution in [0, 0.1) is 0 Å². The van der Waals surface area contributed by atoms with Gasteiger partial charge in [-0.25, -0.2) is 0 Å². The Balaban J connectivity index is 2.61. The summed E-state index contributed by atoms with van der Waals surface area (Å²) >= 11 is 0. The van der Waals surface area contributed by atoms with Crippen molar-refractivity contribution in [3.8, 4) is 0 Å². The number of hydrogen-bond acceptors (Lipinski definition) is 2. The van der Waals surface area contributed by atoms with Gasteiger partial charge in [-0.2, -0.15) is 5.11 Å². The van der Waals surface area contributed by atoms with Gasteiger partial charge in [-0.05, 0) is 0 Å². The lowest BCUT2D eigenvalue weighted by Gasteiger charge is -1.53. The molecule has 1 aliphatic rings. The molecule has 0 aromatic carbocycles. The second-order valence-corrected chi connectivity index (χ2v) is 0.824. The molecule has 5 heavy (non-hydrogen) atoms. The summed E-state index contributed by atoms with van der Waals surface area (Å²) in [6, 6.07) is 0. The van der Waals surface area contributed by atoms with Crippen molar-refractivity contribution in [3.05, 3.63) is 12.2 Å². The van der Waals surface area contributed by atoms with Crippen LogP contribution in [0.2, 0.25) is 0 Å². The van der Waals surface area contributed by atoms with E-state index in [4.69, 9.17) is 0 Å². The highest BCUT2D eigenvalue weighted by Gasteiger charge is 1.79. The first-order valence-corrected chi connectivity index (χ1v) is 1.52. The maximum Gasteiger partial charge on any atom is 0.318 e. The predicted octanol–water partition coefficient (Wildman–Crippen LogP) is 0.275. The summed E-state index contributed by atoms with van der Waals surface area (Å²) in [4.78, 5) is 0. The van der Waals surface area contributed by atoms with Gasteiger partial charge < -0.3 is 0 Å². The van der Waals surface area contributed by atoms with E-state index in [0.717, 1.165) is 7.41 Å². The van der Waals surface area contributed by atoms with Gasteiger partial charge in [-0.15, -0.1) is 0 Å². The van der Waals surface area contributed by atoms with Gasteiger partial charge >= 0.3 is 7.41 Å². The largest absolute Gasteiger partial charge is 0.318 e. The highest BCUT2D eigenvalue weighted by atomic mass is 15.0. The van der Waals surface area contributed by atoms with E-state index in [-0.39, 0.29) is 0 Å². The van der Waals surface area contributed by atoms with Crippen molar-refractivity contribution in [2.45, 2.75) is 0 Å². The third-order valence-electron chi connectivity index (χ3n) is 0.441. The van der Waals surface area contributed by atoms with E-state index < -0.39 is 0 Å². The molecule has 2 nitrogen and oxygen atoms in total. The van der Waals surface area contributed by atoms with Crippen molar-refractivity contribution in [2.75, 3.05) is 0 Å². The Kier molecular flexibility index (Phi) is 0.534. The van der Waals surface area contributed by atoms with Crippen LogP contribution in [0.3, 0.4) is 0 Å². The van der Waals surface area contributed by atoms with Crippen LogP contribution in [0.4, 0.5) is 0 Å². The summed E-state index contributed by atoms with van der Waals surface area (Å²) in [5.74, 6) is 1.90. The monoisotopic (exact) mass is 66.0 g/mol. The van der Waals surface area contributed by atoms with Gasteiger partial charge in [0.2, 0.25) is 0 Å². The zero-order valence-corrected chi connectivity index (χ0v) is 2.76. The van der Waals surface area contributed by atoms with Crippen LogP contribution in [0.25, 0.3) is 0 Å². The molecule has 0 bridgehead atoms. The van der Waals surface area contributed by atoms with Crippen LogP contribution >= 0.6 is 0 Å². The Hall–Kier alpha value is -0.595. The van der Waals surface area contributed by atoms with Gasteiger partial charge in [-0.1, -0.05) is 5.98 Å². The van der Waals surface area contributed by atoms with Crippen molar-refractivity contribution in [1.82, 2.24) is 0 Å². The summed E-state index contributed by atoms with van der Waals surface area (Å²) in [7, 11) is 0.778. The molecule has 0 spiro atoms. The highest BCUT2D eigenvalue weighted by molar-refractivity contribution is 6.40. The molecule has 0 N–H and O–H groups in total. The van der Waals surface area contributed by atoms with Crippen molar-refractivity contribution < 1.29 is 0 Å². The molecule has 0 amide bonds. The van der Waals surface area contributed by atoms with Gasteiger partial charge in [0.15, 0.2) is 0 Å². The van der Waals surface area contributed by atoms with Crippen molar-refractivity contribution in [3.63, 3.8) is 0 Å². The van der Waals surface area contributed by atoms with Crippen LogP contribution < -0.4 is 0 Å². The molecular weight excluding hydrogens is 62.8 g/mol. The van der Waals surface area contributed by atoms with Gasteiger partial charge in [-0.3, -0.25) is 5.03 Å². The zero-order valence-electron chi connectivity index (χ0n) is 2.76. The molecule has 3 heteroatoms. The summed E-state index contributed by atoms with van der Waals surface area (Å²) in [5.41, 5.74) is 0. The molecule has 0 fully saturated rings. The lowest BCUT2D eigenvalue weighted by atomic mass is 10.00. The molecule has 0 radical (unpaired) electrons. The summed E-state index contributed by atoms with van der Waals surface area (Å²) in [5, 5.41) is 7.12. The first kappa shape index (κ1) is 2.63. The lowest BCUT2D eigenvalue weighted by Crippen LogP contribution is -1.62. The van der Waals surface area contributed by atoms with Gasteiger partial charge in [0.25, 0.3) is 0 Å². The van der Waals surface area contributed by atoms with Gasteiger partial charge in [0, 0.05) is 6.20 Å². The van der Waals surface area contributed by atoms with E-state index in [1.165, 1.54) is 0 Å². The molecule has 0 saturated carbocycles. The Morgan fingerprint density at radius 3 is 2.80 bits per heavy atom. The maximum atomic E-state index is 3.60. The fourth-order valence-corrected chi connectivity index (χ4v) is 0.236. The first-order valence-electron chi connectivity index (χ1n) is 1.52. The third-order valence-corrected chi connectivity index (χ3v) is 0.441. The summed E-state index contributed by atoms with van der Waals surface area (Å²) in [6.07, 6.45) is 1.69. The van der Waals surface area contributed by atoms with Gasteiger partial charge in [0.1, 0.15) is 0 Å². The fourth-order valence-electron chi connectivity index (χ4n) is 0.236. The molecule has 0 aliphatic carbocycles. The third kappa shape index (κ3) is 0.346. The van der Waals surface area contributed by atoms with E-state index in [9.17, 15) is 0 Å². The van der Waals surface area contributed by atoms with Crippen LogP contribution in [0.5, 0.6) is 0 Å². The van der Waals surface area contributed by atoms with E-state index >= 15 is 0 Å². The zero-order chi connectivity index (χ0) is 3.54. The standard InChI is InChI=1S/C2H3BN2/c1-2-4-5-3-1/h1-3H. The minimum Gasteiger partial charge on any atom is -0.253 e. The van der Waals surface area contributed by atoms with E-state index in [1.54, 1.807) is 6.20 Å². The summed E-state index contributed by atoms with van der Waals surface area (Å²) in [6.45, 7) is 0. The maximum absolute atomic E-state index is 3.60. The average Bonchev–Trinajstić information content (AvgIpc) is 1.76. The normalized spacial score (nSPS) is 16.0. The molecule has 0 atom stereocenters. The van der Waals surface area contributed by atoms with Crippen LogP contribution in [-0.2, 0) is 0 Å². The van der Waals surface area contributed by atoms with Crippen LogP contribution in [-0.4, -0.2) is 7.41 Å². The molecule has 1 aliphatic heterocycles. The van der Waals surface area contributed by atoms with Crippen LogP contribution in [0.1, 0.15) is 0 Å².